The third-order valence-corrected chi connectivity index (χ3v) is 4.43. The topological polar surface area (TPSA) is 92.5 Å². The van der Waals surface area contributed by atoms with E-state index < -0.39 is 0 Å². The maximum atomic E-state index is 5.72. The van der Waals surface area contributed by atoms with Gasteiger partial charge in [-0.15, -0.1) is 0 Å². The number of nitrogens with two attached hydrogens (primary N) is 1. The molecule has 6 nitrogen and oxygen atoms in total. The summed E-state index contributed by atoms with van der Waals surface area (Å²) in [6.45, 7) is 3.25. The smallest absolute Gasteiger partial charge is 0.224 e. The highest BCUT2D eigenvalue weighted by Gasteiger charge is 2.20. The number of hydrogen-bond acceptors (Lipinski definition) is 5. The molecular weight excluding hydrogens is 252 g/mol. The molecule has 1 saturated carbocycles. The summed E-state index contributed by atoms with van der Waals surface area (Å²) in [4.78, 5) is 8.41. The van der Waals surface area contributed by atoms with Gasteiger partial charge in [-0.1, -0.05) is 26.2 Å². The highest BCUT2D eigenvalue weighted by molar-refractivity contribution is 5.86. The van der Waals surface area contributed by atoms with Gasteiger partial charge in [-0.05, 0) is 24.7 Å². The van der Waals surface area contributed by atoms with Crippen LogP contribution in [0.15, 0.2) is 6.20 Å². The molecule has 108 valence electrons. The first-order valence-electron chi connectivity index (χ1n) is 7.46. The SMILES string of the molecule is CCC1CCC(CNc2nc(N)nc3[nH]ncc23)CC1. The molecule has 1 fully saturated rings. The lowest BCUT2D eigenvalue weighted by Gasteiger charge is -2.28. The monoisotopic (exact) mass is 274 g/mol. The minimum atomic E-state index is 0.277. The standard InChI is InChI=1S/C14H22N6/c1-2-9-3-5-10(6-4-9)7-16-12-11-8-17-20-13(11)19-14(15)18-12/h8-10H,2-7H2,1H3,(H4,15,16,17,18,19,20). The minimum absolute atomic E-state index is 0.277. The van der Waals surface area contributed by atoms with Gasteiger partial charge in [0, 0.05) is 6.54 Å². The normalized spacial score (nSPS) is 23.1. The highest BCUT2D eigenvalue weighted by atomic mass is 15.2. The fourth-order valence-electron chi connectivity index (χ4n) is 3.07. The molecule has 0 radical (unpaired) electrons. The van der Waals surface area contributed by atoms with Crippen molar-refractivity contribution in [2.75, 3.05) is 17.6 Å². The second-order valence-corrected chi connectivity index (χ2v) is 5.74. The van der Waals surface area contributed by atoms with E-state index in [0.29, 0.717) is 5.65 Å². The lowest BCUT2D eigenvalue weighted by atomic mass is 9.81. The molecule has 6 heteroatoms. The van der Waals surface area contributed by atoms with Gasteiger partial charge in [-0.3, -0.25) is 5.10 Å². The second-order valence-electron chi connectivity index (χ2n) is 5.74. The summed E-state index contributed by atoms with van der Waals surface area (Å²) in [5, 5.41) is 11.2. The molecule has 2 aromatic rings. The van der Waals surface area contributed by atoms with Crippen molar-refractivity contribution >= 4 is 22.8 Å². The zero-order chi connectivity index (χ0) is 13.9. The fourth-order valence-corrected chi connectivity index (χ4v) is 3.07. The number of rotatable bonds is 4. The maximum Gasteiger partial charge on any atom is 0.224 e. The van der Waals surface area contributed by atoms with Crippen molar-refractivity contribution in [2.24, 2.45) is 11.8 Å². The number of hydrogen-bond donors (Lipinski definition) is 3. The average molecular weight is 274 g/mol. The molecule has 0 spiro atoms. The first-order chi connectivity index (χ1) is 9.76. The molecule has 3 rings (SSSR count). The van der Waals surface area contributed by atoms with E-state index in [1.54, 1.807) is 6.20 Å². The van der Waals surface area contributed by atoms with Crippen LogP contribution >= 0.6 is 0 Å². The Labute approximate surface area is 118 Å². The molecule has 0 unspecified atom stereocenters. The minimum Gasteiger partial charge on any atom is -0.369 e. The number of nitrogens with one attached hydrogen (secondary N) is 2. The number of H-pyrrole nitrogens is 1. The first kappa shape index (κ1) is 13.1. The van der Waals surface area contributed by atoms with Crippen LogP contribution in [0.2, 0.25) is 0 Å². The Kier molecular flexibility index (Phi) is 3.71. The molecule has 1 aliphatic carbocycles. The van der Waals surface area contributed by atoms with Gasteiger partial charge < -0.3 is 11.1 Å². The Bertz CT molecular complexity index is 570. The van der Waals surface area contributed by atoms with Gasteiger partial charge in [0.05, 0.1) is 11.6 Å². The third-order valence-electron chi connectivity index (χ3n) is 4.43. The van der Waals surface area contributed by atoms with Crippen molar-refractivity contribution in [1.82, 2.24) is 20.2 Å². The molecular formula is C14H22N6. The zero-order valence-electron chi connectivity index (χ0n) is 11.9. The van der Waals surface area contributed by atoms with Crippen LogP contribution in [0, 0.1) is 11.8 Å². The molecule has 0 atom stereocenters. The molecule has 1 aliphatic rings. The van der Waals surface area contributed by atoms with Gasteiger partial charge in [0.1, 0.15) is 5.82 Å². The first-order valence-corrected chi connectivity index (χ1v) is 7.46. The zero-order valence-corrected chi connectivity index (χ0v) is 11.9. The van der Waals surface area contributed by atoms with Crippen molar-refractivity contribution in [3.05, 3.63) is 6.20 Å². The summed E-state index contributed by atoms with van der Waals surface area (Å²) in [6, 6.07) is 0. The van der Waals surface area contributed by atoms with Crippen LogP contribution in [0.5, 0.6) is 0 Å². The number of fused-ring (bicyclic) bond motifs is 1. The van der Waals surface area contributed by atoms with Gasteiger partial charge in [0.15, 0.2) is 5.65 Å². The third kappa shape index (κ3) is 2.69. The predicted octanol–water partition coefficient (Wildman–Crippen LogP) is 2.56. The molecule has 0 amide bonds. The Balaban J connectivity index is 1.64. The molecule has 0 aromatic carbocycles. The summed E-state index contributed by atoms with van der Waals surface area (Å²) >= 11 is 0. The van der Waals surface area contributed by atoms with Crippen LogP contribution in [0.3, 0.4) is 0 Å². The molecule has 0 saturated heterocycles. The Morgan fingerprint density at radius 2 is 2.00 bits per heavy atom. The quantitative estimate of drug-likeness (QED) is 0.796. The number of nitrogens with zero attached hydrogens (tertiary/aromatic N) is 3. The van der Waals surface area contributed by atoms with Gasteiger partial charge in [-0.25, -0.2) is 0 Å². The summed E-state index contributed by atoms with van der Waals surface area (Å²) in [5.74, 6) is 2.73. The van der Waals surface area contributed by atoms with Crippen molar-refractivity contribution < 1.29 is 0 Å². The number of nitrogen functional groups attached to an aromatic ring is 1. The van der Waals surface area contributed by atoms with E-state index in [0.717, 1.165) is 29.6 Å². The molecule has 2 heterocycles. The fraction of sp³-hybridized carbons (Fsp3) is 0.643. The van der Waals surface area contributed by atoms with E-state index in [1.807, 2.05) is 0 Å². The second kappa shape index (κ2) is 5.64. The molecule has 0 bridgehead atoms. The number of aromatic amines is 1. The van der Waals surface area contributed by atoms with E-state index in [4.69, 9.17) is 5.73 Å². The summed E-state index contributed by atoms with van der Waals surface area (Å²) in [7, 11) is 0. The summed E-state index contributed by atoms with van der Waals surface area (Å²) in [6.07, 6.45) is 8.39. The van der Waals surface area contributed by atoms with Crippen LogP contribution in [0.25, 0.3) is 11.0 Å². The van der Waals surface area contributed by atoms with Crippen molar-refractivity contribution in [3.8, 4) is 0 Å². The Morgan fingerprint density at radius 1 is 1.25 bits per heavy atom. The van der Waals surface area contributed by atoms with E-state index in [-0.39, 0.29) is 5.95 Å². The number of anilines is 2. The average Bonchev–Trinajstić information content (AvgIpc) is 2.93. The highest BCUT2D eigenvalue weighted by Crippen LogP contribution is 2.31. The van der Waals surface area contributed by atoms with Gasteiger partial charge >= 0.3 is 0 Å². The van der Waals surface area contributed by atoms with Crippen LogP contribution in [0.4, 0.5) is 11.8 Å². The summed E-state index contributed by atoms with van der Waals surface area (Å²) in [5.41, 5.74) is 6.41. The van der Waals surface area contributed by atoms with E-state index in [9.17, 15) is 0 Å². The lowest BCUT2D eigenvalue weighted by Crippen LogP contribution is -2.21. The predicted molar refractivity (Wildman–Crippen MR) is 80.3 cm³/mol. The van der Waals surface area contributed by atoms with Crippen molar-refractivity contribution in [1.29, 1.82) is 0 Å². The van der Waals surface area contributed by atoms with E-state index in [1.165, 1.54) is 32.1 Å². The lowest BCUT2D eigenvalue weighted by molar-refractivity contribution is 0.278. The summed E-state index contributed by atoms with van der Waals surface area (Å²) < 4.78 is 0. The van der Waals surface area contributed by atoms with Crippen LogP contribution in [-0.2, 0) is 0 Å². The molecule has 0 aliphatic heterocycles. The molecule has 20 heavy (non-hydrogen) atoms. The van der Waals surface area contributed by atoms with E-state index >= 15 is 0 Å². The van der Waals surface area contributed by atoms with Crippen LogP contribution in [0.1, 0.15) is 39.0 Å². The van der Waals surface area contributed by atoms with E-state index in [2.05, 4.69) is 32.4 Å². The maximum absolute atomic E-state index is 5.72. The van der Waals surface area contributed by atoms with Crippen molar-refractivity contribution in [2.45, 2.75) is 39.0 Å². The Hall–Kier alpha value is -1.85. The van der Waals surface area contributed by atoms with Gasteiger partial charge in [0.25, 0.3) is 0 Å². The largest absolute Gasteiger partial charge is 0.369 e. The van der Waals surface area contributed by atoms with Crippen molar-refractivity contribution in [3.63, 3.8) is 0 Å². The van der Waals surface area contributed by atoms with Crippen LogP contribution < -0.4 is 11.1 Å². The molecule has 4 N–H and O–H groups in total. The van der Waals surface area contributed by atoms with Gasteiger partial charge in [-0.2, -0.15) is 15.1 Å². The molecule has 2 aromatic heterocycles. The Morgan fingerprint density at radius 3 is 2.75 bits per heavy atom. The van der Waals surface area contributed by atoms with Gasteiger partial charge in [0.2, 0.25) is 5.95 Å². The number of aromatic nitrogens is 4. The van der Waals surface area contributed by atoms with Crippen LogP contribution in [-0.4, -0.2) is 26.7 Å².